The van der Waals surface area contributed by atoms with Crippen LogP contribution in [0.3, 0.4) is 0 Å². The van der Waals surface area contributed by atoms with E-state index < -0.39 is 29.5 Å². The van der Waals surface area contributed by atoms with Gasteiger partial charge < -0.3 is 35.3 Å². The van der Waals surface area contributed by atoms with Crippen molar-refractivity contribution in [3.63, 3.8) is 0 Å². The minimum absolute atomic E-state index is 0.0510. The molecule has 1 saturated heterocycles. The van der Waals surface area contributed by atoms with Gasteiger partial charge in [0, 0.05) is 30.8 Å². The number of nitrogens with zero attached hydrogens (tertiary/aromatic N) is 1. The fourth-order valence-electron chi connectivity index (χ4n) is 4.99. The number of nitrogens with one attached hydrogen (secondary N) is 1. The third kappa shape index (κ3) is 10.8. The van der Waals surface area contributed by atoms with Gasteiger partial charge in [0.05, 0.1) is 45.2 Å². The number of thiophene rings is 1. The first-order chi connectivity index (χ1) is 20.5. The molecule has 0 aliphatic carbocycles. The number of aliphatic hydroxyl groups excluding tert-OH is 1. The van der Waals surface area contributed by atoms with Crippen molar-refractivity contribution < 1.29 is 33.7 Å². The largest absolute Gasteiger partial charge is 0.391 e. The molecular weight excluding hydrogens is 570 g/mol. The number of nitrogens with two attached hydrogens (primary N) is 1. The number of ether oxygens (including phenoxy) is 3. The Hall–Kier alpha value is -2.67. The van der Waals surface area contributed by atoms with Crippen molar-refractivity contribution in [2.24, 2.45) is 11.1 Å². The fraction of sp³-hybridized carbons (Fsp3) is 0.594. The topological polar surface area (TPSA) is 140 Å². The Kier molecular flexibility index (Phi) is 13.8. The lowest BCUT2D eigenvalue weighted by Crippen LogP contribution is -2.57. The molecule has 0 unspecified atom stereocenters. The van der Waals surface area contributed by atoms with Gasteiger partial charge in [-0.05, 0) is 46.9 Å². The molecule has 43 heavy (non-hydrogen) atoms. The zero-order valence-electron chi connectivity index (χ0n) is 25.8. The number of carbonyl (C=O) groups excluding carboxylic acids is 3. The van der Waals surface area contributed by atoms with Gasteiger partial charge in [-0.2, -0.15) is 0 Å². The molecule has 11 heteroatoms. The summed E-state index contributed by atoms with van der Waals surface area (Å²) < 4.78 is 16.0. The normalized spacial score (nSPS) is 17.7. The van der Waals surface area contributed by atoms with Gasteiger partial charge >= 0.3 is 0 Å². The summed E-state index contributed by atoms with van der Waals surface area (Å²) in [6.07, 6.45) is 0.178. The summed E-state index contributed by atoms with van der Waals surface area (Å²) in [5, 5.41) is 15.3. The second-order valence-electron chi connectivity index (χ2n) is 11.9. The van der Waals surface area contributed by atoms with Gasteiger partial charge in [-0.25, -0.2) is 0 Å². The Morgan fingerprint density at radius 2 is 1.70 bits per heavy atom. The third-order valence-corrected chi connectivity index (χ3v) is 8.40. The van der Waals surface area contributed by atoms with Crippen LogP contribution in [-0.2, 0) is 35.0 Å². The molecule has 4 N–H and O–H groups in total. The zero-order chi connectivity index (χ0) is 31.4. The fourth-order valence-corrected chi connectivity index (χ4v) is 5.93. The highest BCUT2D eigenvalue weighted by molar-refractivity contribution is 7.13. The zero-order valence-corrected chi connectivity index (χ0v) is 26.6. The van der Waals surface area contributed by atoms with Gasteiger partial charge in [-0.1, -0.05) is 45.0 Å². The smallest absolute Gasteiger partial charge is 0.246 e. The molecule has 0 spiro atoms. The van der Waals surface area contributed by atoms with Gasteiger partial charge in [0.2, 0.25) is 11.8 Å². The van der Waals surface area contributed by atoms with Crippen molar-refractivity contribution in [1.29, 1.82) is 0 Å². The summed E-state index contributed by atoms with van der Waals surface area (Å²) in [5.74, 6) is -0.922. The number of aliphatic hydroxyl groups is 1. The number of Topliss-reactive ketones (excluding diaryl/α,β-unsaturated/α-hetero) is 1. The first-order valence-electron chi connectivity index (χ1n) is 14.9. The van der Waals surface area contributed by atoms with Crippen LogP contribution in [0.4, 0.5) is 0 Å². The Bertz CT molecular complexity index is 1180. The maximum atomic E-state index is 13.7. The van der Waals surface area contributed by atoms with Gasteiger partial charge in [-0.15, -0.1) is 11.3 Å². The van der Waals surface area contributed by atoms with Gasteiger partial charge in [-0.3, -0.25) is 14.4 Å². The molecule has 0 radical (unpaired) electrons. The summed E-state index contributed by atoms with van der Waals surface area (Å²) in [4.78, 5) is 42.4. The van der Waals surface area contributed by atoms with Gasteiger partial charge in [0.15, 0.2) is 5.78 Å². The Morgan fingerprint density at radius 1 is 1.05 bits per heavy atom. The molecule has 238 valence electrons. The van der Waals surface area contributed by atoms with Crippen molar-refractivity contribution in [1.82, 2.24) is 10.2 Å². The summed E-state index contributed by atoms with van der Waals surface area (Å²) >= 11 is 1.70. The summed E-state index contributed by atoms with van der Waals surface area (Å²) in [5.41, 5.74) is 8.14. The van der Waals surface area contributed by atoms with Crippen molar-refractivity contribution >= 4 is 28.9 Å². The van der Waals surface area contributed by atoms with Crippen LogP contribution in [-0.4, -0.2) is 98.5 Å². The lowest BCUT2D eigenvalue weighted by molar-refractivity contribution is -0.144. The minimum atomic E-state index is -0.895. The molecule has 1 aliphatic heterocycles. The molecule has 3 rings (SSSR count). The molecule has 1 aliphatic rings. The van der Waals surface area contributed by atoms with E-state index in [9.17, 15) is 19.5 Å². The predicted octanol–water partition coefficient (Wildman–Crippen LogP) is 2.73. The van der Waals surface area contributed by atoms with E-state index in [0.29, 0.717) is 39.4 Å². The number of hydrogen-bond donors (Lipinski definition) is 3. The number of aryl methyl sites for hydroxylation is 2. The monoisotopic (exact) mass is 617 g/mol. The van der Waals surface area contributed by atoms with Crippen LogP contribution < -0.4 is 11.1 Å². The van der Waals surface area contributed by atoms with Gasteiger partial charge in [0.1, 0.15) is 12.6 Å². The number of amides is 2. The average molecular weight is 618 g/mol. The second-order valence-corrected chi connectivity index (χ2v) is 12.8. The van der Waals surface area contributed by atoms with E-state index in [0.717, 1.165) is 11.1 Å². The SMILES string of the molecule is Cc1ccsc1-c1ccc(CCC(=O)[C@@H]2C[C@@H](O)CN2C(=O)[C@@H](NC(=O)COCCOCCOCCN)C(C)(C)C)cc1. The van der Waals surface area contributed by atoms with Crippen LogP contribution in [0.2, 0.25) is 0 Å². The minimum Gasteiger partial charge on any atom is -0.391 e. The van der Waals surface area contributed by atoms with E-state index in [1.807, 2.05) is 32.9 Å². The molecule has 1 aromatic carbocycles. The molecule has 2 amide bonds. The molecule has 0 saturated carbocycles. The predicted molar refractivity (Wildman–Crippen MR) is 167 cm³/mol. The van der Waals surface area contributed by atoms with Crippen molar-refractivity contribution in [2.45, 2.75) is 65.1 Å². The summed E-state index contributed by atoms with van der Waals surface area (Å²) in [6.45, 7) is 9.74. The van der Waals surface area contributed by atoms with Crippen LogP contribution in [0.1, 0.15) is 44.7 Å². The van der Waals surface area contributed by atoms with Crippen LogP contribution in [0.25, 0.3) is 10.4 Å². The standard InChI is InChI=1S/C32H47N3O7S/c1-22-11-18-43-29(22)24-8-5-23(6-9-24)7-10-27(37)26-19-25(36)20-35(26)31(39)30(32(2,3)4)34-28(38)21-42-17-16-41-15-14-40-13-12-33/h5-6,8-9,11,18,25-26,30,36H,7,10,12-17,19-21,33H2,1-4H3,(H,34,38)/t25-,26+,30-/m1/s1. The van der Waals surface area contributed by atoms with E-state index in [1.165, 1.54) is 15.3 Å². The molecule has 3 atom stereocenters. The Balaban J connectivity index is 1.52. The van der Waals surface area contributed by atoms with E-state index in [4.69, 9.17) is 19.9 Å². The summed E-state index contributed by atoms with van der Waals surface area (Å²) in [7, 11) is 0. The highest BCUT2D eigenvalue weighted by Gasteiger charge is 2.44. The number of hydrogen-bond acceptors (Lipinski definition) is 9. The van der Waals surface area contributed by atoms with Gasteiger partial charge in [0.25, 0.3) is 0 Å². The Labute approximate surface area is 258 Å². The third-order valence-electron chi connectivity index (χ3n) is 7.33. The van der Waals surface area contributed by atoms with E-state index in [1.54, 1.807) is 11.3 Å². The number of carbonyl (C=O) groups is 3. The maximum Gasteiger partial charge on any atom is 0.246 e. The second kappa shape index (κ2) is 17.0. The Morgan fingerprint density at radius 3 is 2.30 bits per heavy atom. The van der Waals surface area contributed by atoms with Crippen LogP contribution >= 0.6 is 11.3 Å². The first kappa shape index (κ1) is 34.8. The molecular formula is C32H47N3O7S. The number of ketones is 1. The molecule has 1 fully saturated rings. The highest BCUT2D eigenvalue weighted by Crippen LogP contribution is 2.30. The van der Waals surface area contributed by atoms with Crippen molar-refractivity contribution in [2.75, 3.05) is 52.7 Å². The summed E-state index contributed by atoms with van der Waals surface area (Å²) in [6, 6.07) is 8.67. The van der Waals surface area contributed by atoms with Crippen LogP contribution in [0.15, 0.2) is 35.7 Å². The van der Waals surface area contributed by atoms with Crippen molar-refractivity contribution in [3.8, 4) is 10.4 Å². The number of likely N-dealkylation sites (tertiary alicyclic amines) is 1. The van der Waals surface area contributed by atoms with E-state index >= 15 is 0 Å². The molecule has 1 aromatic heterocycles. The van der Waals surface area contributed by atoms with Crippen molar-refractivity contribution in [3.05, 3.63) is 46.8 Å². The van der Waals surface area contributed by atoms with Crippen LogP contribution in [0, 0.1) is 12.3 Å². The molecule has 2 heterocycles. The number of benzene rings is 1. The highest BCUT2D eigenvalue weighted by atomic mass is 32.1. The van der Waals surface area contributed by atoms with E-state index in [-0.39, 0.29) is 44.3 Å². The maximum absolute atomic E-state index is 13.7. The lowest BCUT2D eigenvalue weighted by atomic mass is 9.85. The van der Waals surface area contributed by atoms with E-state index in [2.05, 4.69) is 35.8 Å². The quantitative estimate of drug-likeness (QED) is 0.230. The molecule has 2 aromatic rings. The molecule has 0 bridgehead atoms. The lowest BCUT2D eigenvalue weighted by Gasteiger charge is -2.35. The average Bonchev–Trinajstić information content (AvgIpc) is 3.58. The number of rotatable bonds is 17. The molecule has 10 nitrogen and oxygen atoms in total. The van der Waals surface area contributed by atoms with Crippen LogP contribution in [0.5, 0.6) is 0 Å². The first-order valence-corrected chi connectivity index (χ1v) is 15.8. The number of β-amino-alcohol motifs (C(OH)–C–C–N with tert-alkyl or cyclic N) is 1.